The number of aryl methyl sites for hydroxylation is 1. The van der Waals surface area contributed by atoms with Crippen molar-refractivity contribution in [2.24, 2.45) is 11.1 Å². The van der Waals surface area contributed by atoms with Crippen molar-refractivity contribution in [1.29, 1.82) is 0 Å². The van der Waals surface area contributed by atoms with E-state index in [-0.39, 0.29) is 12.4 Å². The molecule has 1 atom stereocenters. The zero-order valence-corrected chi connectivity index (χ0v) is 12.2. The van der Waals surface area contributed by atoms with Gasteiger partial charge in [0.25, 0.3) is 0 Å². The highest BCUT2D eigenvalue weighted by atomic mass is 35.5. The molecule has 0 amide bonds. The number of likely N-dealkylation sites (tertiary alicyclic amines) is 1. The van der Waals surface area contributed by atoms with E-state index in [0.29, 0.717) is 5.41 Å². The molecule has 1 unspecified atom stereocenters. The van der Waals surface area contributed by atoms with Gasteiger partial charge in [0.2, 0.25) is 0 Å². The fourth-order valence-electron chi connectivity index (χ4n) is 2.20. The van der Waals surface area contributed by atoms with Crippen LogP contribution in [0.25, 0.3) is 0 Å². The first-order chi connectivity index (χ1) is 7.65. The molecular weight excluding hydrogens is 254 g/mol. The fourth-order valence-corrected chi connectivity index (χ4v) is 3.11. The smallest absolute Gasteiger partial charge is 0.107 e. The second-order valence-electron chi connectivity index (χ2n) is 5.05. The Morgan fingerprint density at radius 1 is 1.59 bits per heavy atom. The van der Waals surface area contributed by atoms with Crippen molar-refractivity contribution in [3.05, 3.63) is 16.1 Å². The van der Waals surface area contributed by atoms with Gasteiger partial charge in [-0.1, -0.05) is 13.8 Å². The van der Waals surface area contributed by atoms with Crippen LogP contribution in [0, 0.1) is 5.41 Å². The van der Waals surface area contributed by atoms with Crippen molar-refractivity contribution in [2.75, 3.05) is 19.6 Å². The topological polar surface area (TPSA) is 42.2 Å². The van der Waals surface area contributed by atoms with E-state index in [9.17, 15) is 0 Å². The van der Waals surface area contributed by atoms with Gasteiger partial charge in [0, 0.05) is 17.6 Å². The molecule has 1 aliphatic rings. The fraction of sp³-hybridized carbons (Fsp3) is 0.750. The summed E-state index contributed by atoms with van der Waals surface area (Å²) in [4.78, 5) is 8.33. The van der Waals surface area contributed by atoms with Crippen LogP contribution in [0.4, 0.5) is 0 Å². The highest BCUT2D eigenvalue weighted by molar-refractivity contribution is 7.11. The molecule has 1 fully saturated rings. The summed E-state index contributed by atoms with van der Waals surface area (Å²) in [5.74, 6) is 0. The van der Waals surface area contributed by atoms with E-state index < -0.39 is 0 Å². The molecule has 0 bridgehead atoms. The summed E-state index contributed by atoms with van der Waals surface area (Å²) >= 11 is 1.84. The average molecular weight is 276 g/mol. The van der Waals surface area contributed by atoms with Gasteiger partial charge in [0.15, 0.2) is 0 Å². The minimum absolute atomic E-state index is 0. The molecule has 1 saturated heterocycles. The first-order valence-corrected chi connectivity index (χ1v) is 6.83. The zero-order valence-electron chi connectivity index (χ0n) is 10.6. The molecule has 2 rings (SSSR count). The largest absolute Gasteiger partial charge is 0.330 e. The monoisotopic (exact) mass is 275 g/mol. The third kappa shape index (κ3) is 3.65. The van der Waals surface area contributed by atoms with E-state index in [1.54, 1.807) is 0 Å². The van der Waals surface area contributed by atoms with Crippen LogP contribution in [-0.2, 0) is 13.0 Å². The molecule has 0 spiro atoms. The quantitative estimate of drug-likeness (QED) is 0.917. The molecule has 3 nitrogen and oxygen atoms in total. The molecule has 0 aliphatic carbocycles. The molecule has 1 aliphatic heterocycles. The van der Waals surface area contributed by atoms with Crippen LogP contribution < -0.4 is 5.73 Å². The van der Waals surface area contributed by atoms with Gasteiger partial charge in [-0.15, -0.1) is 23.7 Å². The first kappa shape index (κ1) is 14.9. The second-order valence-corrected chi connectivity index (χ2v) is 6.25. The summed E-state index contributed by atoms with van der Waals surface area (Å²) in [5.41, 5.74) is 6.13. The summed E-state index contributed by atoms with van der Waals surface area (Å²) in [7, 11) is 0. The van der Waals surface area contributed by atoms with Crippen LogP contribution in [-0.4, -0.2) is 29.5 Å². The molecule has 5 heteroatoms. The van der Waals surface area contributed by atoms with Crippen molar-refractivity contribution in [1.82, 2.24) is 9.88 Å². The molecule has 98 valence electrons. The van der Waals surface area contributed by atoms with E-state index in [1.165, 1.54) is 16.3 Å². The lowest BCUT2D eigenvalue weighted by atomic mass is 9.90. The molecular formula is C12H22ClN3S. The van der Waals surface area contributed by atoms with E-state index in [1.807, 2.05) is 17.5 Å². The predicted octanol–water partition coefficient (Wildman–Crippen LogP) is 2.30. The van der Waals surface area contributed by atoms with E-state index in [0.717, 1.165) is 32.6 Å². The summed E-state index contributed by atoms with van der Waals surface area (Å²) < 4.78 is 0. The Balaban J connectivity index is 0.00000144. The van der Waals surface area contributed by atoms with Crippen LogP contribution in [0.3, 0.4) is 0 Å². The van der Waals surface area contributed by atoms with Gasteiger partial charge in [-0.2, -0.15) is 0 Å². The van der Waals surface area contributed by atoms with E-state index >= 15 is 0 Å². The van der Waals surface area contributed by atoms with Gasteiger partial charge in [0.1, 0.15) is 5.01 Å². The molecule has 17 heavy (non-hydrogen) atoms. The number of thiazole rings is 1. The third-order valence-electron chi connectivity index (χ3n) is 3.44. The molecule has 0 saturated carbocycles. The molecule has 1 aromatic rings. The standard InChI is InChI=1S/C12H21N3S.ClH/c1-3-10-6-14-11(16-10)7-15-5-4-12(2,8-13)9-15;/h6H,3-5,7-9,13H2,1-2H3;1H. The Bertz CT molecular complexity index is 355. The minimum atomic E-state index is 0. The number of nitrogens with zero attached hydrogens (tertiary/aromatic N) is 2. The van der Waals surface area contributed by atoms with Crippen LogP contribution in [0.5, 0.6) is 0 Å². The molecule has 0 radical (unpaired) electrons. The third-order valence-corrected chi connectivity index (χ3v) is 4.56. The normalized spacial score (nSPS) is 24.9. The van der Waals surface area contributed by atoms with Crippen LogP contribution in [0.1, 0.15) is 30.2 Å². The van der Waals surface area contributed by atoms with Gasteiger partial charge in [-0.05, 0) is 31.3 Å². The number of nitrogens with two attached hydrogens (primary N) is 1. The molecule has 2 N–H and O–H groups in total. The van der Waals surface area contributed by atoms with Gasteiger partial charge >= 0.3 is 0 Å². The summed E-state index contributed by atoms with van der Waals surface area (Å²) in [6.07, 6.45) is 4.33. The summed E-state index contributed by atoms with van der Waals surface area (Å²) in [6.45, 7) is 8.53. The van der Waals surface area contributed by atoms with Crippen molar-refractivity contribution in [3.63, 3.8) is 0 Å². The number of aromatic nitrogens is 1. The molecule has 0 aromatic carbocycles. The Hall–Kier alpha value is -0.160. The van der Waals surface area contributed by atoms with Crippen molar-refractivity contribution in [3.8, 4) is 0 Å². The Labute approximate surface area is 114 Å². The SMILES string of the molecule is CCc1cnc(CN2CCC(C)(CN)C2)s1.Cl. The number of rotatable bonds is 4. The van der Waals surface area contributed by atoms with Gasteiger partial charge in [-0.25, -0.2) is 4.98 Å². The van der Waals surface area contributed by atoms with Crippen LogP contribution >= 0.6 is 23.7 Å². The number of hydrogen-bond donors (Lipinski definition) is 1. The average Bonchev–Trinajstić information content (AvgIpc) is 2.87. The zero-order chi connectivity index (χ0) is 11.6. The lowest BCUT2D eigenvalue weighted by Gasteiger charge is -2.21. The number of halogens is 1. The summed E-state index contributed by atoms with van der Waals surface area (Å²) in [6, 6.07) is 0. The molecule has 1 aromatic heterocycles. The highest BCUT2D eigenvalue weighted by Gasteiger charge is 2.32. The summed E-state index contributed by atoms with van der Waals surface area (Å²) in [5, 5.41) is 1.25. The Morgan fingerprint density at radius 3 is 2.88 bits per heavy atom. The van der Waals surface area contributed by atoms with Crippen LogP contribution in [0.15, 0.2) is 6.20 Å². The van der Waals surface area contributed by atoms with Gasteiger partial charge in [-0.3, -0.25) is 4.90 Å². The first-order valence-electron chi connectivity index (χ1n) is 6.01. The van der Waals surface area contributed by atoms with Gasteiger partial charge in [0.05, 0.1) is 6.54 Å². The van der Waals surface area contributed by atoms with Crippen molar-refractivity contribution in [2.45, 2.75) is 33.2 Å². The predicted molar refractivity (Wildman–Crippen MR) is 75.8 cm³/mol. The van der Waals surface area contributed by atoms with E-state index in [4.69, 9.17) is 5.73 Å². The van der Waals surface area contributed by atoms with Crippen molar-refractivity contribution < 1.29 is 0 Å². The van der Waals surface area contributed by atoms with Gasteiger partial charge < -0.3 is 5.73 Å². The van der Waals surface area contributed by atoms with E-state index in [2.05, 4.69) is 23.7 Å². The van der Waals surface area contributed by atoms with Crippen molar-refractivity contribution >= 4 is 23.7 Å². The second kappa shape index (κ2) is 6.14. The Morgan fingerprint density at radius 2 is 2.35 bits per heavy atom. The minimum Gasteiger partial charge on any atom is -0.330 e. The maximum Gasteiger partial charge on any atom is 0.107 e. The maximum atomic E-state index is 5.81. The van der Waals surface area contributed by atoms with Crippen LogP contribution in [0.2, 0.25) is 0 Å². The lowest BCUT2D eigenvalue weighted by molar-refractivity contribution is 0.274. The Kier molecular flexibility index (Phi) is 5.38. The lowest BCUT2D eigenvalue weighted by Crippen LogP contribution is -2.31. The highest BCUT2D eigenvalue weighted by Crippen LogP contribution is 2.30. The maximum absolute atomic E-state index is 5.81. The number of hydrogen-bond acceptors (Lipinski definition) is 4. The molecule has 2 heterocycles.